The van der Waals surface area contributed by atoms with Crippen molar-refractivity contribution in [3.05, 3.63) is 69.3 Å². The molecule has 0 saturated carbocycles. The SMILES string of the molecule is CC1(C)C2=C(C(=O)c3ccc(OC[C@H](O)CO)cc31)c1ccc(C#N)c(C(=O)O)c1C2. The highest BCUT2D eigenvalue weighted by Gasteiger charge is 2.44. The number of aromatic carboxylic acids is 1. The van der Waals surface area contributed by atoms with Gasteiger partial charge in [0.2, 0.25) is 0 Å². The highest BCUT2D eigenvalue weighted by molar-refractivity contribution is 6.33. The van der Waals surface area contributed by atoms with Crippen molar-refractivity contribution in [3.63, 3.8) is 0 Å². The Hall–Kier alpha value is -3.47. The molecule has 0 bridgehead atoms. The topological polar surface area (TPSA) is 128 Å². The van der Waals surface area contributed by atoms with Gasteiger partial charge in [0.25, 0.3) is 0 Å². The van der Waals surface area contributed by atoms with Crippen LogP contribution in [0.2, 0.25) is 0 Å². The molecule has 2 aromatic carbocycles. The lowest BCUT2D eigenvalue weighted by Gasteiger charge is -2.34. The highest BCUT2D eigenvalue weighted by Crippen LogP contribution is 2.51. The van der Waals surface area contributed by atoms with Crippen LogP contribution in [0.1, 0.15) is 56.8 Å². The molecule has 2 aliphatic carbocycles. The molecule has 0 radical (unpaired) electrons. The molecule has 0 aromatic heterocycles. The molecule has 0 amide bonds. The van der Waals surface area contributed by atoms with Crippen molar-refractivity contribution in [2.24, 2.45) is 0 Å². The maximum Gasteiger partial charge on any atom is 0.337 e. The summed E-state index contributed by atoms with van der Waals surface area (Å²) in [5.41, 5.74) is 3.07. The Morgan fingerprint density at radius 3 is 2.61 bits per heavy atom. The smallest absolute Gasteiger partial charge is 0.337 e. The van der Waals surface area contributed by atoms with E-state index >= 15 is 0 Å². The molecule has 2 aromatic rings. The Balaban J connectivity index is 1.81. The number of benzene rings is 2. The number of fused-ring (bicyclic) bond motifs is 3. The van der Waals surface area contributed by atoms with Gasteiger partial charge in [0.05, 0.1) is 17.7 Å². The molecule has 2 aliphatic rings. The molecular weight excluding hydrogens is 398 g/mol. The number of hydrogen-bond acceptors (Lipinski definition) is 6. The Morgan fingerprint density at radius 2 is 1.97 bits per heavy atom. The molecule has 1 atom stereocenters. The number of ketones is 1. The van der Waals surface area contributed by atoms with E-state index in [-0.39, 0.29) is 29.9 Å². The normalized spacial score (nSPS) is 16.8. The summed E-state index contributed by atoms with van der Waals surface area (Å²) in [5.74, 6) is -0.912. The fraction of sp³-hybridized carbons (Fsp3) is 0.292. The molecule has 0 fully saturated rings. The molecule has 0 spiro atoms. The average Bonchev–Trinajstić information content (AvgIpc) is 3.15. The molecule has 3 N–H and O–H groups in total. The number of carbonyl (C=O) groups is 2. The lowest BCUT2D eigenvalue weighted by Crippen LogP contribution is -2.30. The summed E-state index contributed by atoms with van der Waals surface area (Å²) >= 11 is 0. The monoisotopic (exact) mass is 419 g/mol. The number of Topliss-reactive ketones (excluding diaryl/α,β-unsaturated/α-hetero) is 1. The van der Waals surface area contributed by atoms with Gasteiger partial charge in [0.15, 0.2) is 5.78 Å². The first-order chi connectivity index (χ1) is 14.7. The minimum Gasteiger partial charge on any atom is -0.491 e. The van der Waals surface area contributed by atoms with Crippen molar-refractivity contribution in [1.29, 1.82) is 5.26 Å². The van der Waals surface area contributed by atoms with Crippen LogP contribution in [0.4, 0.5) is 0 Å². The molecule has 4 rings (SSSR count). The number of ether oxygens (including phenoxy) is 1. The lowest BCUT2D eigenvalue weighted by molar-refractivity contribution is 0.0535. The van der Waals surface area contributed by atoms with E-state index < -0.39 is 24.1 Å². The van der Waals surface area contributed by atoms with Crippen molar-refractivity contribution >= 4 is 17.3 Å². The van der Waals surface area contributed by atoms with Gasteiger partial charge in [-0.1, -0.05) is 19.9 Å². The number of allylic oxidation sites excluding steroid dienone is 2. The third-order valence-corrected chi connectivity index (χ3v) is 6.12. The molecule has 31 heavy (non-hydrogen) atoms. The molecular formula is C24H21NO6. The third kappa shape index (κ3) is 3.12. The van der Waals surface area contributed by atoms with Crippen molar-refractivity contribution in [2.45, 2.75) is 31.8 Å². The van der Waals surface area contributed by atoms with Crippen LogP contribution in [0.15, 0.2) is 35.9 Å². The van der Waals surface area contributed by atoms with Crippen LogP contribution in [0.3, 0.4) is 0 Å². The van der Waals surface area contributed by atoms with E-state index in [1.54, 1.807) is 24.3 Å². The van der Waals surface area contributed by atoms with Gasteiger partial charge in [-0.2, -0.15) is 5.26 Å². The number of nitriles is 1. The van der Waals surface area contributed by atoms with Gasteiger partial charge in [0.1, 0.15) is 24.5 Å². The van der Waals surface area contributed by atoms with Crippen LogP contribution >= 0.6 is 0 Å². The predicted octanol–water partition coefficient (Wildman–Crippen LogP) is 2.47. The minimum absolute atomic E-state index is 0.0518. The second kappa shape index (κ2) is 7.34. The fourth-order valence-corrected chi connectivity index (χ4v) is 4.49. The average molecular weight is 419 g/mol. The van der Waals surface area contributed by atoms with Gasteiger partial charge in [-0.3, -0.25) is 4.79 Å². The molecule has 158 valence electrons. The Bertz CT molecular complexity index is 1200. The van der Waals surface area contributed by atoms with Gasteiger partial charge < -0.3 is 20.1 Å². The van der Waals surface area contributed by atoms with E-state index in [1.807, 2.05) is 19.9 Å². The van der Waals surface area contributed by atoms with Crippen molar-refractivity contribution < 1.29 is 29.6 Å². The number of hydrogen-bond donors (Lipinski definition) is 3. The van der Waals surface area contributed by atoms with Crippen LogP contribution in [-0.2, 0) is 11.8 Å². The molecule has 0 aliphatic heterocycles. The first kappa shape index (κ1) is 20.8. The zero-order chi connectivity index (χ0) is 22.5. The highest BCUT2D eigenvalue weighted by atomic mass is 16.5. The van der Waals surface area contributed by atoms with E-state index in [4.69, 9.17) is 9.84 Å². The summed E-state index contributed by atoms with van der Waals surface area (Å²) in [6, 6.07) is 10.1. The van der Waals surface area contributed by atoms with Gasteiger partial charge >= 0.3 is 5.97 Å². The van der Waals surface area contributed by atoms with Crippen molar-refractivity contribution in [2.75, 3.05) is 13.2 Å². The second-order valence-corrected chi connectivity index (χ2v) is 8.27. The summed E-state index contributed by atoms with van der Waals surface area (Å²) in [6.45, 7) is 3.44. The lowest BCUT2D eigenvalue weighted by atomic mass is 9.68. The molecule has 0 saturated heterocycles. The fourth-order valence-electron chi connectivity index (χ4n) is 4.49. The standard InChI is InChI=1S/C24H21NO6/c1-24(2)18-7-14(31-11-13(27)10-26)4-6-16(18)22(28)21-15-5-3-12(9-25)20(23(29)30)17(15)8-19(21)24/h3-7,13,26-27H,8,10-11H2,1-2H3,(H,29,30)/t13-/m1/s1. The summed E-state index contributed by atoms with van der Waals surface area (Å²) in [4.78, 5) is 25.3. The number of carboxylic acids is 1. The zero-order valence-electron chi connectivity index (χ0n) is 17.1. The van der Waals surface area contributed by atoms with Crippen LogP contribution in [0, 0.1) is 11.3 Å². The number of carboxylic acid groups (broad SMARTS) is 1. The first-order valence-corrected chi connectivity index (χ1v) is 9.85. The summed E-state index contributed by atoms with van der Waals surface area (Å²) in [6.07, 6.45) is -0.734. The van der Waals surface area contributed by atoms with E-state index in [0.29, 0.717) is 28.0 Å². The van der Waals surface area contributed by atoms with Crippen LogP contribution in [0.5, 0.6) is 5.75 Å². The van der Waals surface area contributed by atoms with Gasteiger partial charge in [-0.15, -0.1) is 0 Å². The predicted molar refractivity (Wildman–Crippen MR) is 111 cm³/mol. The van der Waals surface area contributed by atoms with Crippen molar-refractivity contribution in [1.82, 2.24) is 0 Å². The number of rotatable bonds is 5. The maximum atomic E-state index is 13.4. The van der Waals surface area contributed by atoms with Crippen LogP contribution in [-0.4, -0.2) is 46.4 Å². The number of aliphatic hydroxyl groups is 2. The molecule has 7 nitrogen and oxygen atoms in total. The van der Waals surface area contributed by atoms with Gasteiger partial charge in [-0.05, 0) is 52.9 Å². The molecule has 0 heterocycles. The Morgan fingerprint density at radius 1 is 1.26 bits per heavy atom. The summed E-state index contributed by atoms with van der Waals surface area (Å²) < 4.78 is 5.56. The minimum atomic E-state index is -1.19. The quantitative estimate of drug-likeness (QED) is 0.679. The maximum absolute atomic E-state index is 13.4. The Kier molecular flexibility index (Phi) is 4.92. The molecule has 7 heteroatoms. The second-order valence-electron chi connectivity index (χ2n) is 8.27. The van der Waals surface area contributed by atoms with Gasteiger partial charge in [-0.25, -0.2) is 4.79 Å². The molecule has 0 unspecified atom stereocenters. The first-order valence-electron chi connectivity index (χ1n) is 9.85. The van der Waals surface area contributed by atoms with Gasteiger partial charge in [0, 0.05) is 16.6 Å². The number of aliphatic hydroxyl groups excluding tert-OH is 2. The third-order valence-electron chi connectivity index (χ3n) is 6.12. The number of carbonyl (C=O) groups excluding carboxylic acids is 1. The van der Waals surface area contributed by atoms with Crippen LogP contribution in [0.25, 0.3) is 5.57 Å². The van der Waals surface area contributed by atoms with E-state index in [0.717, 1.165) is 11.1 Å². The van der Waals surface area contributed by atoms with E-state index in [9.17, 15) is 25.1 Å². The zero-order valence-corrected chi connectivity index (χ0v) is 17.1. The van der Waals surface area contributed by atoms with Crippen LogP contribution < -0.4 is 4.74 Å². The van der Waals surface area contributed by atoms with Crippen molar-refractivity contribution in [3.8, 4) is 11.8 Å². The number of nitrogens with zero attached hydrogens (tertiary/aromatic N) is 1. The van der Waals surface area contributed by atoms with E-state index in [1.165, 1.54) is 6.07 Å². The largest absolute Gasteiger partial charge is 0.491 e. The van der Waals surface area contributed by atoms with E-state index in [2.05, 4.69) is 0 Å². The summed E-state index contributed by atoms with van der Waals surface area (Å²) in [5, 5.41) is 37.6. The summed E-state index contributed by atoms with van der Waals surface area (Å²) in [7, 11) is 0. The Labute approximate surface area is 178 Å².